The number of hydrogen-bond donors (Lipinski definition) is 0. The van der Waals surface area contributed by atoms with E-state index in [1.807, 2.05) is 0 Å². The minimum absolute atomic E-state index is 0.219. The smallest absolute Gasteiger partial charge is 0.293 e. The maximum absolute atomic E-state index is 12.4. The van der Waals surface area contributed by atoms with Crippen LogP contribution in [-0.2, 0) is 6.18 Å². The number of ketones is 1. The van der Waals surface area contributed by atoms with Crippen molar-refractivity contribution in [3.05, 3.63) is 65.5 Å². The molecule has 2 aromatic rings. The highest BCUT2D eigenvalue weighted by Gasteiger charge is 2.30. The molecule has 20 heavy (non-hydrogen) atoms. The Kier molecular flexibility index (Phi) is 4.23. The van der Waals surface area contributed by atoms with Gasteiger partial charge in [0.25, 0.3) is 0 Å². The van der Waals surface area contributed by atoms with Crippen LogP contribution in [0.3, 0.4) is 0 Å². The minimum atomic E-state index is -4.40. The van der Waals surface area contributed by atoms with Gasteiger partial charge in [0.2, 0.25) is 0 Å². The number of nitrogens with zero attached hydrogens (tertiary/aromatic N) is 1. The Bertz CT molecular complexity index is 596. The van der Waals surface area contributed by atoms with Crippen LogP contribution in [0, 0.1) is 0 Å². The number of hydrogen-bond acceptors (Lipinski definition) is 2. The fourth-order valence-electron chi connectivity index (χ4n) is 1.65. The van der Waals surface area contributed by atoms with Crippen molar-refractivity contribution < 1.29 is 18.0 Å². The molecule has 1 atom stereocenters. The first-order chi connectivity index (χ1) is 9.39. The van der Waals surface area contributed by atoms with Gasteiger partial charge in [0.15, 0.2) is 5.78 Å². The van der Waals surface area contributed by atoms with Gasteiger partial charge >= 0.3 is 6.18 Å². The average molecular weight is 344 g/mol. The number of halogens is 4. The van der Waals surface area contributed by atoms with Crippen LogP contribution < -0.4 is 0 Å². The zero-order valence-corrected chi connectivity index (χ0v) is 11.6. The maximum Gasteiger partial charge on any atom is 0.416 e. The Balaban J connectivity index is 2.22. The van der Waals surface area contributed by atoms with Crippen LogP contribution in [0.4, 0.5) is 13.2 Å². The first kappa shape index (κ1) is 14.7. The molecule has 0 saturated heterocycles. The van der Waals surface area contributed by atoms with Crippen LogP contribution in [0.15, 0.2) is 48.8 Å². The quantitative estimate of drug-likeness (QED) is 0.610. The topological polar surface area (TPSA) is 30.0 Å². The van der Waals surface area contributed by atoms with Gasteiger partial charge in [-0.05, 0) is 29.8 Å². The summed E-state index contributed by atoms with van der Waals surface area (Å²) in [5.74, 6) is -0.301. The summed E-state index contributed by atoms with van der Waals surface area (Å²) in [6, 6.07) is 7.50. The van der Waals surface area contributed by atoms with Crippen LogP contribution in [0.5, 0.6) is 0 Å². The van der Waals surface area contributed by atoms with E-state index < -0.39 is 16.6 Å². The Labute approximate surface area is 121 Å². The van der Waals surface area contributed by atoms with Gasteiger partial charge < -0.3 is 0 Å². The third-order valence-corrected chi connectivity index (χ3v) is 3.67. The second-order valence-corrected chi connectivity index (χ2v) is 5.00. The van der Waals surface area contributed by atoms with Crippen molar-refractivity contribution in [1.29, 1.82) is 0 Å². The lowest BCUT2D eigenvalue weighted by Crippen LogP contribution is -2.09. The molecule has 0 aliphatic carbocycles. The summed E-state index contributed by atoms with van der Waals surface area (Å²) in [7, 11) is 0. The fourth-order valence-corrected chi connectivity index (χ4v) is 2.22. The van der Waals surface area contributed by atoms with Crippen molar-refractivity contribution in [1.82, 2.24) is 4.98 Å². The summed E-state index contributed by atoms with van der Waals surface area (Å²) < 4.78 is 37.3. The Morgan fingerprint density at radius 2 is 1.60 bits per heavy atom. The van der Waals surface area contributed by atoms with E-state index in [4.69, 9.17) is 0 Å². The molecule has 0 fully saturated rings. The number of pyridine rings is 1. The summed E-state index contributed by atoms with van der Waals surface area (Å²) in [6.45, 7) is 0. The second kappa shape index (κ2) is 5.75. The standard InChI is InChI=1S/C14H9BrF3NO/c15-12(9-5-7-19-8-6-9)13(20)10-1-3-11(4-2-10)14(16,17)18/h1-8,12H. The van der Waals surface area contributed by atoms with Crippen LogP contribution in [0.2, 0.25) is 0 Å². The molecule has 6 heteroatoms. The molecule has 0 aliphatic rings. The van der Waals surface area contributed by atoms with Gasteiger partial charge in [0.05, 0.1) is 5.56 Å². The summed E-state index contributed by atoms with van der Waals surface area (Å²) in [4.78, 5) is 15.4. The number of rotatable bonds is 3. The van der Waals surface area contributed by atoms with Gasteiger partial charge in [0.1, 0.15) is 4.83 Å². The summed E-state index contributed by atoms with van der Waals surface area (Å²) >= 11 is 3.25. The highest BCUT2D eigenvalue weighted by molar-refractivity contribution is 9.09. The highest BCUT2D eigenvalue weighted by atomic mass is 79.9. The second-order valence-electron chi connectivity index (χ2n) is 4.08. The van der Waals surface area contributed by atoms with Crippen molar-refractivity contribution in [3.63, 3.8) is 0 Å². The van der Waals surface area contributed by atoms with Crippen LogP contribution in [-0.4, -0.2) is 10.8 Å². The van der Waals surface area contributed by atoms with Gasteiger partial charge in [-0.2, -0.15) is 13.2 Å². The maximum atomic E-state index is 12.4. The SMILES string of the molecule is O=C(c1ccc(C(F)(F)F)cc1)C(Br)c1ccncc1. The van der Waals surface area contributed by atoms with E-state index >= 15 is 0 Å². The number of benzene rings is 1. The molecule has 0 aliphatic heterocycles. The van der Waals surface area contributed by atoms with E-state index in [0.717, 1.165) is 12.1 Å². The molecule has 0 saturated carbocycles. The van der Waals surface area contributed by atoms with Gasteiger partial charge in [0, 0.05) is 18.0 Å². The number of carbonyl (C=O) groups excluding carboxylic acids is 1. The molecule has 0 N–H and O–H groups in total. The predicted octanol–water partition coefficient (Wildman–Crippen LogP) is 4.42. The lowest BCUT2D eigenvalue weighted by atomic mass is 10.0. The van der Waals surface area contributed by atoms with Crippen molar-refractivity contribution in [2.45, 2.75) is 11.0 Å². The summed E-state index contributed by atoms with van der Waals surface area (Å²) in [5.41, 5.74) is 0.144. The molecule has 2 nitrogen and oxygen atoms in total. The zero-order valence-electron chi connectivity index (χ0n) is 10.1. The largest absolute Gasteiger partial charge is 0.416 e. The molecule has 0 amide bonds. The minimum Gasteiger partial charge on any atom is -0.293 e. The van der Waals surface area contributed by atoms with E-state index in [1.165, 1.54) is 12.1 Å². The fraction of sp³-hybridized carbons (Fsp3) is 0.143. The third-order valence-electron chi connectivity index (χ3n) is 2.73. The average Bonchev–Trinajstić information content (AvgIpc) is 2.46. The van der Waals surface area contributed by atoms with E-state index in [-0.39, 0.29) is 11.3 Å². The monoisotopic (exact) mass is 343 g/mol. The molecular formula is C14H9BrF3NO. The van der Waals surface area contributed by atoms with E-state index in [0.29, 0.717) is 5.56 Å². The summed E-state index contributed by atoms with van der Waals surface area (Å²) in [6.07, 6.45) is -1.31. The third kappa shape index (κ3) is 3.25. The number of alkyl halides is 4. The molecule has 0 bridgehead atoms. The molecule has 0 spiro atoms. The van der Waals surface area contributed by atoms with E-state index in [9.17, 15) is 18.0 Å². The van der Waals surface area contributed by atoms with E-state index in [2.05, 4.69) is 20.9 Å². The molecule has 1 heterocycles. The lowest BCUT2D eigenvalue weighted by Gasteiger charge is -2.10. The molecule has 1 aromatic heterocycles. The zero-order chi connectivity index (χ0) is 14.8. The first-order valence-corrected chi connectivity index (χ1v) is 6.56. The van der Waals surface area contributed by atoms with Crippen molar-refractivity contribution in [2.24, 2.45) is 0 Å². The first-order valence-electron chi connectivity index (χ1n) is 5.65. The Morgan fingerprint density at radius 3 is 2.10 bits per heavy atom. The predicted molar refractivity (Wildman–Crippen MR) is 71.7 cm³/mol. The number of Topliss-reactive ketones (excluding diaryl/α,β-unsaturated/α-hetero) is 1. The van der Waals surface area contributed by atoms with Crippen molar-refractivity contribution in [2.75, 3.05) is 0 Å². The van der Waals surface area contributed by atoms with Gasteiger partial charge in [-0.25, -0.2) is 0 Å². The van der Waals surface area contributed by atoms with Crippen LogP contribution >= 0.6 is 15.9 Å². The van der Waals surface area contributed by atoms with Crippen LogP contribution in [0.25, 0.3) is 0 Å². The number of carbonyl (C=O) groups is 1. The van der Waals surface area contributed by atoms with Gasteiger partial charge in [-0.1, -0.05) is 28.1 Å². The molecule has 1 unspecified atom stereocenters. The Hall–Kier alpha value is -1.69. The van der Waals surface area contributed by atoms with Crippen LogP contribution in [0.1, 0.15) is 26.3 Å². The number of aromatic nitrogens is 1. The van der Waals surface area contributed by atoms with Crippen molar-refractivity contribution in [3.8, 4) is 0 Å². The van der Waals surface area contributed by atoms with E-state index in [1.54, 1.807) is 24.5 Å². The van der Waals surface area contributed by atoms with Gasteiger partial charge in [-0.3, -0.25) is 9.78 Å². The molecule has 0 radical (unpaired) electrons. The molecule has 104 valence electrons. The normalized spacial score (nSPS) is 13.0. The van der Waals surface area contributed by atoms with Gasteiger partial charge in [-0.15, -0.1) is 0 Å². The molecule has 2 rings (SSSR count). The highest BCUT2D eigenvalue weighted by Crippen LogP contribution is 2.31. The summed E-state index contributed by atoms with van der Waals surface area (Å²) in [5, 5.41) is 0. The molecular weight excluding hydrogens is 335 g/mol. The van der Waals surface area contributed by atoms with Crippen molar-refractivity contribution >= 4 is 21.7 Å². The lowest BCUT2D eigenvalue weighted by molar-refractivity contribution is -0.137. The Morgan fingerprint density at radius 1 is 1.05 bits per heavy atom. The molecule has 1 aromatic carbocycles.